The maximum absolute atomic E-state index is 11.2. The lowest BCUT2D eigenvalue weighted by molar-refractivity contribution is -0.170. The van der Waals surface area contributed by atoms with Crippen molar-refractivity contribution >= 4 is 5.97 Å². The average Bonchev–Trinajstić information content (AvgIpc) is 2.62. The molecule has 0 aliphatic heterocycles. The summed E-state index contributed by atoms with van der Waals surface area (Å²) in [7, 11) is 0. The molecule has 0 aromatic carbocycles. The molecule has 0 heterocycles. The molecule has 0 radical (unpaired) electrons. The van der Waals surface area contributed by atoms with Crippen molar-refractivity contribution in [3.05, 3.63) is 11.6 Å². The summed E-state index contributed by atoms with van der Waals surface area (Å²) in [5, 5.41) is 9.68. The number of aliphatic hydroxyl groups excluding tert-OH is 1. The van der Waals surface area contributed by atoms with Crippen LogP contribution in [0.15, 0.2) is 11.6 Å². The largest absolute Gasteiger partial charge is 0.465 e. The van der Waals surface area contributed by atoms with Gasteiger partial charge >= 0.3 is 5.97 Å². The van der Waals surface area contributed by atoms with Gasteiger partial charge in [0.1, 0.15) is 0 Å². The van der Waals surface area contributed by atoms with E-state index < -0.39 is 0 Å². The number of esters is 1. The highest BCUT2D eigenvalue weighted by molar-refractivity contribution is 5.65. The smallest absolute Gasteiger partial charge is 0.302 e. The highest BCUT2D eigenvalue weighted by Crippen LogP contribution is 2.72. The van der Waals surface area contributed by atoms with Crippen LogP contribution in [0.25, 0.3) is 0 Å². The number of hydrogen-bond acceptors (Lipinski definition) is 3. The molecule has 4 bridgehead atoms. The van der Waals surface area contributed by atoms with Crippen molar-refractivity contribution < 1.29 is 14.6 Å². The molecular weight excluding hydrogens is 252 g/mol. The lowest BCUT2D eigenvalue weighted by atomic mass is 9.38. The Hall–Kier alpha value is -0.830. The summed E-state index contributed by atoms with van der Waals surface area (Å²) in [6, 6.07) is 0. The van der Waals surface area contributed by atoms with Crippen LogP contribution in [0.3, 0.4) is 0 Å². The zero-order chi connectivity index (χ0) is 14.5. The molecule has 0 saturated heterocycles. The Morgan fingerprint density at radius 3 is 2.85 bits per heavy atom. The normalized spacial score (nSPS) is 46.0. The number of fused-ring (bicyclic) bond motifs is 1. The Bertz CT molecular complexity index is 455. The molecule has 2 saturated carbocycles. The van der Waals surface area contributed by atoms with E-state index >= 15 is 0 Å². The Labute approximate surface area is 121 Å². The Balaban J connectivity index is 1.90. The van der Waals surface area contributed by atoms with Crippen LogP contribution >= 0.6 is 0 Å². The van der Waals surface area contributed by atoms with Gasteiger partial charge in [0, 0.05) is 12.3 Å². The molecule has 3 aliphatic rings. The minimum Gasteiger partial charge on any atom is -0.465 e. The van der Waals surface area contributed by atoms with Crippen LogP contribution in [0.1, 0.15) is 46.5 Å². The van der Waals surface area contributed by atoms with E-state index in [0.29, 0.717) is 29.8 Å². The van der Waals surface area contributed by atoms with Crippen LogP contribution in [-0.4, -0.2) is 24.3 Å². The average molecular weight is 278 g/mol. The number of aliphatic hydroxyl groups is 1. The topological polar surface area (TPSA) is 46.5 Å². The summed E-state index contributed by atoms with van der Waals surface area (Å²) >= 11 is 0. The third-order valence-electron chi connectivity index (χ3n) is 6.44. The molecule has 3 rings (SSSR count). The van der Waals surface area contributed by atoms with Gasteiger partial charge in [0.25, 0.3) is 0 Å². The second kappa shape index (κ2) is 4.59. The van der Waals surface area contributed by atoms with Crippen molar-refractivity contribution in [2.75, 3.05) is 13.2 Å². The molecule has 112 valence electrons. The fourth-order valence-corrected chi connectivity index (χ4v) is 5.51. The maximum atomic E-state index is 11.2. The van der Waals surface area contributed by atoms with E-state index in [-0.39, 0.29) is 18.0 Å². The van der Waals surface area contributed by atoms with Crippen LogP contribution in [-0.2, 0) is 9.53 Å². The second-order valence-corrected chi connectivity index (χ2v) is 7.58. The van der Waals surface area contributed by atoms with E-state index in [4.69, 9.17) is 4.74 Å². The Morgan fingerprint density at radius 1 is 1.45 bits per heavy atom. The highest BCUT2D eigenvalue weighted by atomic mass is 16.5. The van der Waals surface area contributed by atoms with Gasteiger partial charge in [-0.15, -0.1) is 0 Å². The van der Waals surface area contributed by atoms with E-state index in [1.165, 1.54) is 25.3 Å². The van der Waals surface area contributed by atoms with Crippen molar-refractivity contribution in [2.24, 2.45) is 28.6 Å². The molecule has 5 unspecified atom stereocenters. The number of rotatable bonds is 3. The predicted octanol–water partition coefficient (Wildman–Crippen LogP) is 2.93. The SMILES string of the molecule is CC(=O)OCC1(C)CCCC2(C)C3CC=C(CO)C2C31. The third kappa shape index (κ3) is 1.78. The molecule has 0 aromatic heterocycles. The first-order valence-corrected chi connectivity index (χ1v) is 7.85. The van der Waals surface area contributed by atoms with E-state index in [9.17, 15) is 9.90 Å². The van der Waals surface area contributed by atoms with Crippen LogP contribution in [0.4, 0.5) is 0 Å². The van der Waals surface area contributed by atoms with Gasteiger partial charge in [0.2, 0.25) is 0 Å². The van der Waals surface area contributed by atoms with E-state index in [0.717, 1.165) is 12.8 Å². The van der Waals surface area contributed by atoms with Gasteiger partial charge in [0.15, 0.2) is 0 Å². The van der Waals surface area contributed by atoms with Crippen molar-refractivity contribution in [2.45, 2.75) is 46.5 Å². The lowest BCUT2D eigenvalue weighted by Crippen LogP contribution is -2.62. The summed E-state index contributed by atoms with van der Waals surface area (Å²) in [5.41, 5.74) is 1.67. The summed E-state index contributed by atoms with van der Waals surface area (Å²) in [5.74, 6) is 1.59. The number of carbonyl (C=O) groups is 1. The molecule has 20 heavy (non-hydrogen) atoms. The quantitative estimate of drug-likeness (QED) is 0.638. The summed E-state index contributed by atoms with van der Waals surface area (Å²) in [6.07, 6.45) is 6.92. The predicted molar refractivity (Wildman–Crippen MR) is 77.0 cm³/mol. The molecule has 0 aromatic rings. The van der Waals surface area contributed by atoms with E-state index in [1.807, 2.05) is 0 Å². The monoisotopic (exact) mass is 278 g/mol. The number of allylic oxidation sites excluding steroid dienone is 1. The minimum atomic E-state index is -0.180. The Morgan fingerprint density at radius 2 is 2.20 bits per heavy atom. The maximum Gasteiger partial charge on any atom is 0.302 e. The first-order chi connectivity index (χ1) is 9.42. The fourth-order valence-electron chi connectivity index (χ4n) is 5.51. The lowest BCUT2D eigenvalue weighted by Gasteiger charge is -2.66. The highest BCUT2D eigenvalue weighted by Gasteiger charge is 2.66. The molecule has 3 aliphatic carbocycles. The number of carbonyl (C=O) groups excluding carboxylic acids is 1. The number of ether oxygens (including phenoxy) is 1. The molecule has 3 heteroatoms. The minimum absolute atomic E-state index is 0.0751. The second-order valence-electron chi connectivity index (χ2n) is 7.58. The van der Waals surface area contributed by atoms with Crippen molar-refractivity contribution in [1.29, 1.82) is 0 Å². The van der Waals surface area contributed by atoms with Gasteiger partial charge in [0.05, 0.1) is 13.2 Å². The zero-order valence-corrected chi connectivity index (χ0v) is 12.8. The van der Waals surface area contributed by atoms with Crippen LogP contribution < -0.4 is 0 Å². The van der Waals surface area contributed by atoms with Gasteiger partial charge < -0.3 is 9.84 Å². The third-order valence-corrected chi connectivity index (χ3v) is 6.44. The van der Waals surface area contributed by atoms with Crippen molar-refractivity contribution in [3.8, 4) is 0 Å². The molecule has 3 nitrogen and oxygen atoms in total. The van der Waals surface area contributed by atoms with Gasteiger partial charge in [-0.2, -0.15) is 0 Å². The molecule has 0 spiro atoms. The summed E-state index contributed by atoms with van der Waals surface area (Å²) in [4.78, 5) is 11.2. The number of hydrogen-bond donors (Lipinski definition) is 1. The first kappa shape index (κ1) is 14.1. The van der Waals surface area contributed by atoms with Gasteiger partial charge in [-0.1, -0.05) is 26.3 Å². The molecule has 0 amide bonds. The Kier molecular flexibility index (Phi) is 3.24. The van der Waals surface area contributed by atoms with Crippen LogP contribution in [0, 0.1) is 28.6 Å². The van der Waals surface area contributed by atoms with Crippen molar-refractivity contribution in [1.82, 2.24) is 0 Å². The summed E-state index contributed by atoms with van der Waals surface area (Å²) < 4.78 is 5.38. The van der Waals surface area contributed by atoms with Gasteiger partial charge in [-0.25, -0.2) is 0 Å². The van der Waals surface area contributed by atoms with Crippen LogP contribution in [0.5, 0.6) is 0 Å². The molecule has 5 atom stereocenters. The van der Waals surface area contributed by atoms with E-state index in [1.54, 1.807) is 0 Å². The standard InChI is InChI=1S/C17H26O3/c1-11(19)20-10-16(2)7-4-8-17(3)13-6-5-12(9-18)14(17)15(13)16/h5,13-15,18H,4,6-10H2,1-3H3. The van der Waals surface area contributed by atoms with Crippen molar-refractivity contribution in [3.63, 3.8) is 0 Å². The molecule has 1 N–H and O–H groups in total. The zero-order valence-electron chi connectivity index (χ0n) is 12.8. The van der Waals surface area contributed by atoms with Gasteiger partial charge in [-0.05, 0) is 48.0 Å². The van der Waals surface area contributed by atoms with Gasteiger partial charge in [-0.3, -0.25) is 4.79 Å². The molecular formula is C17H26O3. The fraction of sp³-hybridized carbons (Fsp3) is 0.824. The summed E-state index contributed by atoms with van der Waals surface area (Å²) in [6.45, 7) is 6.90. The molecule has 2 fully saturated rings. The van der Waals surface area contributed by atoms with E-state index in [2.05, 4.69) is 19.9 Å². The first-order valence-electron chi connectivity index (χ1n) is 7.85. The van der Waals surface area contributed by atoms with Crippen LogP contribution in [0.2, 0.25) is 0 Å².